The number of thioether (sulfide) groups is 1. The monoisotopic (exact) mass is 409 g/mol. The van der Waals surface area contributed by atoms with Gasteiger partial charge in [0.25, 0.3) is 0 Å². The van der Waals surface area contributed by atoms with E-state index in [-0.39, 0.29) is 23.7 Å². The van der Waals surface area contributed by atoms with Crippen LogP contribution in [0.15, 0.2) is 53.7 Å². The lowest BCUT2D eigenvalue weighted by Crippen LogP contribution is -2.09. The highest BCUT2D eigenvalue weighted by molar-refractivity contribution is 7.99. The van der Waals surface area contributed by atoms with Gasteiger partial charge in [-0.3, -0.25) is 9.59 Å². The molecule has 0 aliphatic heterocycles. The first kappa shape index (κ1) is 20.8. The average Bonchev–Trinajstić information content (AvgIpc) is 3.07. The van der Waals surface area contributed by atoms with Crippen LogP contribution in [0.25, 0.3) is 11.4 Å². The van der Waals surface area contributed by atoms with Crippen molar-refractivity contribution in [2.24, 2.45) is 7.05 Å². The van der Waals surface area contributed by atoms with E-state index >= 15 is 0 Å². The molecule has 29 heavy (non-hydrogen) atoms. The van der Waals surface area contributed by atoms with Crippen molar-refractivity contribution in [3.63, 3.8) is 0 Å². The van der Waals surface area contributed by atoms with Crippen LogP contribution in [0.2, 0.25) is 0 Å². The molecule has 3 aromatic rings. The van der Waals surface area contributed by atoms with E-state index in [1.165, 1.54) is 11.8 Å². The second-order valence-corrected chi connectivity index (χ2v) is 7.70. The van der Waals surface area contributed by atoms with Gasteiger partial charge in [-0.15, -0.1) is 10.2 Å². The lowest BCUT2D eigenvalue weighted by molar-refractivity contribution is -0.117. The van der Waals surface area contributed by atoms with Crippen LogP contribution in [-0.4, -0.2) is 39.2 Å². The molecule has 3 rings (SSSR count). The lowest BCUT2D eigenvalue weighted by atomic mass is 10.0. The van der Waals surface area contributed by atoms with Crippen molar-refractivity contribution in [3.05, 3.63) is 59.7 Å². The summed E-state index contributed by atoms with van der Waals surface area (Å²) in [6.45, 7) is 1.55. The number of methoxy groups -OCH3 is 1. The Bertz CT molecular complexity index is 1020. The minimum absolute atomic E-state index is 0.0533. The number of rotatable bonds is 9. The number of Topliss-reactive ketones (excluding diaryl/α,β-unsaturated/α-hetero) is 2. The van der Waals surface area contributed by atoms with Crippen LogP contribution in [0.3, 0.4) is 0 Å². The Morgan fingerprint density at radius 2 is 1.83 bits per heavy atom. The lowest BCUT2D eigenvalue weighted by Gasteiger charge is -2.10. The van der Waals surface area contributed by atoms with E-state index in [2.05, 4.69) is 10.2 Å². The van der Waals surface area contributed by atoms with Crippen LogP contribution in [0, 0.1) is 0 Å². The molecule has 0 N–H and O–H groups in total. The van der Waals surface area contributed by atoms with E-state index in [4.69, 9.17) is 4.74 Å². The Balaban J connectivity index is 1.66. The molecular weight excluding hydrogens is 386 g/mol. The fourth-order valence-electron chi connectivity index (χ4n) is 3.06. The van der Waals surface area contributed by atoms with E-state index in [1.807, 2.05) is 60.1 Å². The summed E-state index contributed by atoms with van der Waals surface area (Å²) in [7, 11) is 3.47. The van der Waals surface area contributed by atoms with Crippen LogP contribution in [-0.2, 0) is 29.5 Å². The molecule has 1 heterocycles. The van der Waals surface area contributed by atoms with E-state index in [9.17, 15) is 9.59 Å². The molecule has 6 nitrogen and oxygen atoms in total. The number of carbonyl (C=O) groups excluding carboxylic acids is 2. The van der Waals surface area contributed by atoms with Crippen molar-refractivity contribution in [1.29, 1.82) is 0 Å². The summed E-state index contributed by atoms with van der Waals surface area (Å²) < 4.78 is 7.26. The van der Waals surface area contributed by atoms with Crippen LogP contribution >= 0.6 is 11.8 Å². The third-order valence-corrected chi connectivity index (χ3v) is 5.49. The maximum Gasteiger partial charge on any atom is 0.191 e. The first-order valence-corrected chi connectivity index (χ1v) is 10.2. The molecule has 0 saturated carbocycles. The number of nitrogens with zero attached hydrogens (tertiary/aromatic N) is 3. The zero-order chi connectivity index (χ0) is 20.8. The predicted octanol–water partition coefficient (Wildman–Crippen LogP) is 3.53. The van der Waals surface area contributed by atoms with Crippen LogP contribution in [0.5, 0.6) is 5.75 Å². The van der Waals surface area contributed by atoms with Crippen molar-refractivity contribution in [2.45, 2.75) is 24.9 Å². The first-order valence-electron chi connectivity index (χ1n) is 9.22. The number of hydrogen-bond donors (Lipinski definition) is 0. The van der Waals surface area contributed by atoms with Gasteiger partial charge in [0, 0.05) is 31.0 Å². The van der Waals surface area contributed by atoms with Gasteiger partial charge in [-0.2, -0.15) is 0 Å². The summed E-state index contributed by atoms with van der Waals surface area (Å²) in [5.41, 5.74) is 2.65. The quantitative estimate of drug-likeness (QED) is 0.504. The van der Waals surface area contributed by atoms with Crippen LogP contribution in [0.4, 0.5) is 0 Å². The van der Waals surface area contributed by atoms with Gasteiger partial charge >= 0.3 is 0 Å². The molecule has 0 fully saturated rings. The standard InChI is InChI=1S/C22H23N3O3S/c1-15(26)11-16-9-10-20(28-3)18(12-16)13-19(27)14-29-22-24-23-21(25(22)2)17-7-5-4-6-8-17/h4-10,12H,11,13-14H2,1-3H3. The Hall–Kier alpha value is -2.93. The van der Waals surface area contributed by atoms with Crippen LogP contribution < -0.4 is 4.74 Å². The van der Waals surface area contributed by atoms with Gasteiger partial charge in [0.1, 0.15) is 17.3 Å². The smallest absolute Gasteiger partial charge is 0.191 e. The third-order valence-electron chi connectivity index (χ3n) is 4.41. The predicted molar refractivity (Wildman–Crippen MR) is 113 cm³/mol. The second-order valence-electron chi connectivity index (χ2n) is 6.76. The third kappa shape index (κ3) is 5.32. The molecule has 0 radical (unpaired) electrons. The van der Waals surface area contributed by atoms with Gasteiger partial charge in [-0.25, -0.2) is 0 Å². The fourth-order valence-corrected chi connectivity index (χ4v) is 3.83. The molecule has 0 aliphatic carbocycles. The highest BCUT2D eigenvalue weighted by Crippen LogP contribution is 2.24. The van der Waals surface area contributed by atoms with Gasteiger partial charge in [0.05, 0.1) is 12.9 Å². The number of ketones is 2. The summed E-state index contributed by atoms with van der Waals surface area (Å²) in [6.07, 6.45) is 0.590. The van der Waals surface area contributed by atoms with Crippen LogP contribution in [0.1, 0.15) is 18.1 Å². The van der Waals surface area contributed by atoms with Crippen molar-refractivity contribution < 1.29 is 14.3 Å². The first-order chi connectivity index (χ1) is 14.0. The minimum Gasteiger partial charge on any atom is -0.496 e. The van der Waals surface area contributed by atoms with Gasteiger partial charge in [-0.1, -0.05) is 54.2 Å². The molecule has 150 valence electrons. The number of ether oxygens (including phenoxy) is 1. The maximum absolute atomic E-state index is 12.6. The number of benzene rings is 2. The van der Waals surface area contributed by atoms with E-state index in [1.54, 1.807) is 14.0 Å². The van der Waals surface area contributed by atoms with Crippen molar-refractivity contribution in [2.75, 3.05) is 12.9 Å². The van der Waals surface area contributed by atoms with Gasteiger partial charge in [-0.05, 0) is 18.6 Å². The van der Waals surface area contributed by atoms with Crippen molar-refractivity contribution in [1.82, 2.24) is 14.8 Å². The summed E-state index contributed by atoms with van der Waals surface area (Å²) in [4.78, 5) is 24.0. The van der Waals surface area contributed by atoms with Gasteiger partial charge in [0.2, 0.25) is 0 Å². The number of aromatic nitrogens is 3. The molecule has 0 atom stereocenters. The van der Waals surface area contributed by atoms with Crippen molar-refractivity contribution in [3.8, 4) is 17.1 Å². The Morgan fingerprint density at radius 3 is 2.52 bits per heavy atom. The minimum atomic E-state index is 0.0533. The Kier molecular flexibility index (Phi) is 6.82. The molecule has 7 heteroatoms. The van der Waals surface area contributed by atoms with E-state index in [0.29, 0.717) is 17.3 Å². The SMILES string of the molecule is COc1ccc(CC(C)=O)cc1CC(=O)CSc1nnc(-c2ccccc2)n1C. The Morgan fingerprint density at radius 1 is 1.07 bits per heavy atom. The molecule has 0 unspecified atom stereocenters. The molecule has 0 saturated heterocycles. The molecular formula is C22H23N3O3S. The maximum atomic E-state index is 12.6. The highest BCUT2D eigenvalue weighted by Gasteiger charge is 2.15. The Labute approximate surface area is 174 Å². The molecule has 0 bridgehead atoms. The van der Waals surface area contributed by atoms with E-state index in [0.717, 1.165) is 22.5 Å². The van der Waals surface area contributed by atoms with Crippen molar-refractivity contribution >= 4 is 23.3 Å². The summed E-state index contributed by atoms with van der Waals surface area (Å²) in [6, 6.07) is 15.3. The number of carbonyl (C=O) groups is 2. The highest BCUT2D eigenvalue weighted by atomic mass is 32.2. The second kappa shape index (κ2) is 9.52. The van der Waals surface area contributed by atoms with Gasteiger partial charge in [0.15, 0.2) is 11.0 Å². The topological polar surface area (TPSA) is 74.1 Å². The summed E-state index contributed by atoms with van der Waals surface area (Å²) in [5, 5.41) is 9.15. The largest absolute Gasteiger partial charge is 0.496 e. The van der Waals surface area contributed by atoms with Gasteiger partial charge < -0.3 is 9.30 Å². The number of hydrogen-bond acceptors (Lipinski definition) is 6. The summed E-state index contributed by atoms with van der Waals surface area (Å²) >= 11 is 1.36. The zero-order valence-corrected chi connectivity index (χ0v) is 17.5. The zero-order valence-electron chi connectivity index (χ0n) is 16.7. The molecule has 0 amide bonds. The molecule has 2 aromatic carbocycles. The molecule has 1 aromatic heterocycles. The fraction of sp³-hybridized carbons (Fsp3) is 0.273. The molecule has 0 aliphatic rings. The summed E-state index contributed by atoms with van der Waals surface area (Å²) in [5.74, 6) is 1.83. The van der Waals surface area contributed by atoms with E-state index < -0.39 is 0 Å². The average molecular weight is 410 g/mol. The normalized spacial score (nSPS) is 10.7. The molecule has 0 spiro atoms.